The number of aryl methyl sites for hydroxylation is 1. The summed E-state index contributed by atoms with van der Waals surface area (Å²) in [5.74, 6) is -0.649. The van der Waals surface area contributed by atoms with Gasteiger partial charge in [0.25, 0.3) is 5.91 Å². The molecule has 6 rings (SSSR count). The molecule has 1 saturated heterocycles. The third-order valence-corrected chi connectivity index (χ3v) is 7.80. The Balaban J connectivity index is 1.25. The molecular weight excluding hydrogens is 510 g/mol. The van der Waals surface area contributed by atoms with Gasteiger partial charge in [0.2, 0.25) is 17.7 Å². The summed E-state index contributed by atoms with van der Waals surface area (Å²) in [5, 5.41) is 14.6. The average molecular weight is 536 g/mol. The lowest BCUT2D eigenvalue weighted by molar-refractivity contribution is -0.136. The SMILES string of the molecule is COCc1cc(C)ccc1-c1nnc(NC2(c3cc(Cl)c4c(c3)C(=O)N(C3CCC(=O)NC3=O)C4)CC2)o1. The van der Waals surface area contributed by atoms with Gasteiger partial charge in [-0.05, 0) is 55.5 Å². The van der Waals surface area contributed by atoms with Crippen LogP contribution in [0.5, 0.6) is 0 Å². The third-order valence-electron chi connectivity index (χ3n) is 7.47. The Morgan fingerprint density at radius 2 is 2.00 bits per heavy atom. The summed E-state index contributed by atoms with van der Waals surface area (Å²) >= 11 is 6.66. The molecule has 3 aromatic rings. The highest BCUT2D eigenvalue weighted by molar-refractivity contribution is 6.32. The Labute approximate surface area is 223 Å². The van der Waals surface area contributed by atoms with Gasteiger partial charge in [0.15, 0.2) is 0 Å². The number of carbonyl (C=O) groups excluding carboxylic acids is 3. The lowest BCUT2D eigenvalue weighted by Gasteiger charge is -2.29. The Kier molecular flexibility index (Phi) is 5.96. The van der Waals surface area contributed by atoms with E-state index in [1.165, 1.54) is 4.90 Å². The topological polar surface area (TPSA) is 127 Å². The van der Waals surface area contributed by atoms with Crippen LogP contribution in [-0.2, 0) is 33.0 Å². The van der Waals surface area contributed by atoms with Gasteiger partial charge >= 0.3 is 6.01 Å². The number of aromatic nitrogens is 2. The molecular formula is C27H26ClN5O5. The van der Waals surface area contributed by atoms with Crippen molar-refractivity contribution in [2.24, 2.45) is 0 Å². The number of rotatable bonds is 7. The van der Waals surface area contributed by atoms with Crippen LogP contribution in [0.1, 0.15) is 58.3 Å². The molecule has 10 nitrogen and oxygen atoms in total. The number of ether oxygens (including phenoxy) is 1. The van der Waals surface area contributed by atoms with E-state index in [0.29, 0.717) is 35.1 Å². The number of carbonyl (C=O) groups is 3. The van der Waals surface area contributed by atoms with E-state index in [-0.39, 0.29) is 30.8 Å². The van der Waals surface area contributed by atoms with Gasteiger partial charge in [-0.25, -0.2) is 0 Å². The fourth-order valence-electron chi connectivity index (χ4n) is 5.30. The molecule has 2 fully saturated rings. The second kappa shape index (κ2) is 9.21. The first-order valence-electron chi connectivity index (χ1n) is 12.5. The van der Waals surface area contributed by atoms with Crippen molar-refractivity contribution in [1.82, 2.24) is 20.4 Å². The summed E-state index contributed by atoms with van der Waals surface area (Å²) in [6.45, 7) is 2.66. The molecule has 2 aromatic carbocycles. The maximum Gasteiger partial charge on any atom is 0.316 e. The van der Waals surface area contributed by atoms with Gasteiger partial charge in [0.1, 0.15) is 6.04 Å². The van der Waals surface area contributed by atoms with Crippen LogP contribution in [0.4, 0.5) is 6.01 Å². The summed E-state index contributed by atoms with van der Waals surface area (Å²) < 4.78 is 11.3. The number of nitrogens with one attached hydrogen (secondary N) is 2. The minimum atomic E-state index is -0.693. The number of amides is 3. The predicted octanol–water partition coefficient (Wildman–Crippen LogP) is 3.71. The predicted molar refractivity (Wildman–Crippen MR) is 137 cm³/mol. The first-order chi connectivity index (χ1) is 18.3. The van der Waals surface area contributed by atoms with Gasteiger partial charge in [-0.3, -0.25) is 19.7 Å². The smallest absolute Gasteiger partial charge is 0.316 e. The van der Waals surface area contributed by atoms with Gasteiger partial charge in [-0.2, -0.15) is 0 Å². The van der Waals surface area contributed by atoms with E-state index in [4.69, 9.17) is 20.8 Å². The van der Waals surface area contributed by atoms with Gasteiger partial charge < -0.3 is 19.4 Å². The maximum atomic E-state index is 13.3. The van der Waals surface area contributed by atoms with Crippen molar-refractivity contribution in [3.63, 3.8) is 0 Å². The normalized spacial score (nSPS) is 19.9. The van der Waals surface area contributed by atoms with Crippen molar-refractivity contribution in [2.45, 2.75) is 57.3 Å². The molecule has 1 atom stereocenters. The van der Waals surface area contributed by atoms with E-state index in [2.05, 4.69) is 20.8 Å². The fraction of sp³-hybridized carbons (Fsp3) is 0.370. The molecule has 0 bridgehead atoms. The highest BCUT2D eigenvalue weighted by Gasteiger charge is 2.48. The van der Waals surface area contributed by atoms with Crippen molar-refractivity contribution in [2.75, 3.05) is 12.4 Å². The zero-order chi connectivity index (χ0) is 26.6. The van der Waals surface area contributed by atoms with Crippen LogP contribution >= 0.6 is 11.6 Å². The van der Waals surface area contributed by atoms with Crippen molar-refractivity contribution in [3.05, 3.63) is 63.2 Å². The molecule has 1 unspecified atom stereocenters. The fourth-order valence-corrected chi connectivity index (χ4v) is 5.58. The largest absolute Gasteiger partial charge is 0.403 e. The van der Waals surface area contributed by atoms with E-state index in [9.17, 15) is 14.4 Å². The Morgan fingerprint density at radius 3 is 2.74 bits per heavy atom. The van der Waals surface area contributed by atoms with E-state index in [0.717, 1.165) is 35.1 Å². The van der Waals surface area contributed by atoms with Gasteiger partial charge in [0, 0.05) is 41.8 Å². The monoisotopic (exact) mass is 535 g/mol. The van der Waals surface area contributed by atoms with Crippen molar-refractivity contribution in [1.29, 1.82) is 0 Å². The Morgan fingerprint density at radius 1 is 1.18 bits per heavy atom. The van der Waals surface area contributed by atoms with Crippen LogP contribution in [0.3, 0.4) is 0 Å². The highest BCUT2D eigenvalue weighted by atomic mass is 35.5. The van der Waals surface area contributed by atoms with Crippen LogP contribution in [-0.4, -0.2) is 46.0 Å². The van der Waals surface area contributed by atoms with Crippen LogP contribution < -0.4 is 10.6 Å². The lowest BCUT2D eigenvalue weighted by Crippen LogP contribution is -2.52. The molecule has 2 aliphatic heterocycles. The second-order valence-corrected chi connectivity index (χ2v) is 10.5. The van der Waals surface area contributed by atoms with Crippen LogP contribution in [0.25, 0.3) is 11.5 Å². The maximum absolute atomic E-state index is 13.3. The number of nitrogens with zero attached hydrogens (tertiary/aromatic N) is 3. The molecule has 1 saturated carbocycles. The van der Waals surface area contributed by atoms with Crippen molar-refractivity contribution in [3.8, 4) is 11.5 Å². The molecule has 38 heavy (non-hydrogen) atoms. The number of methoxy groups -OCH3 is 1. The number of anilines is 1. The molecule has 11 heteroatoms. The average Bonchev–Trinajstić information content (AvgIpc) is 3.38. The molecule has 3 heterocycles. The second-order valence-electron chi connectivity index (χ2n) is 10.1. The van der Waals surface area contributed by atoms with Crippen LogP contribution in [0.15, 0.2) is 34.7 Å². The standard InChI is InChI=1S/C27H26ClN5O5/c1-14-3-4-17(15(9-14)13-37-2)24-31-32-26(38-24)30-27(7-8-27)16-10-18-19(20(28)11-16)12-33(25(18)36)21-5-6-22(34)29-23(21)35/h3-4,9-11,21H,5-8,12-13H2,1-2H3,(H,30,32)(H,29,34,35). The van der Waals surface area contributed by atoms with Gasteiger partial charge in [-0.15, -0.1) is 5.10 Å². The summed E-state index contributed by atoms with van der Waals surface area (Å²) in [6, 6.07) is 9.22. The van der Waals surface area contributed by atoms with Gasteiger partial charge in [0.05, 0.1) is 12.1 Å². The number of benzene rings is 2. The van der Waals surface area contributed by atoms with E-state index < -0.39 is 17.5 Å². The summed E-state index contributed by atoms with van der Waals surface area (Å²) in [4.78, 5) is 38.8. The Hall–Kier alpha value is -3.76. The molecule has 0 radical (unpaired) electrons. The number of hydrogen-bond donors (Lipinski definition) is 2. The molecule has 1 aliphatic carbocycles. The first kappa shape index (κ1) is 24.6. The number of piperidine rings is 1. The summed E-state index contributed by atoms with van der Waals surface area (Å²) in [7, 11) is 1.64. The van der Waals surface area contributed by atoms with Crippen LogP contribution in [0, 0.1) is 6.92 Å². The zero-order valence-electron chi connectivity index (χ0n) is 21.0. The molecule has 0 spiro atoms. The highest BCUT2D eigenvalue weighted by Crippen LogP contribution is 2.50. The van der Waals surface area contributed by atoms with E-state index in [1.54, 1.807) is 7.11 Å². The minimum absolute atomic E-state index is 0.199. The lowest BCUT2D eigenvalue weighted by atomic mass is 9.99. The summed E-state index contributed by atoms with van der Waals surface area (Å²) in [6.07, 6.45) is 2.09. The van der Waals surface area contributed by atoms with Gasteiger partial charge in [-0.1, -0.05) is 34.4 Å². The Bertz CT molecular complexity index is 1480. The molecule has 1 aromatic heterocycles. The number of fused-ring (bicyclic) bond motifs is 1. The molecule has 196 valence electrons. The molecule has 3 aliphatic rings. The third kappa shape index (κ3) is 4.23. The zero-order valence-corrected chi connectivity index (χ0v) is 21.7. The molecule has 2 N–H and O–H groups in total. The van der Waals surface area contributed by atoms with Crippen molar-refractivity contribution < 1.29 is 23.5 Å². The van der Waals surface area contributed by atoms with Crippen LogP contribution in [0.2, 0.25) is 5.02 Å². The number of halogens is 1. The number of hydrogen-bond acceptors (Lipinski definition) is 8. The first-order valence-corrected chi connectivity index (χ1v) is 12.8. The van der Waals surface area contributed by atoms with E-state index >= 15 is 0 Å². The minimum Gasteiger partial charge on any atom is -0.403 e. The molecule has 3 amide bonds. The van der Waals surface area contributed by atoms with Crippen molar-refractivity contribution >= 4 is 35.3 Å². The quantitative estimate of drug-likeness (QED) is 0.438. The summed E-state index contributed by atoms with van der Waals surface area (Å²) in [5.41, 5.74) is 4.37. The number of imide groups is 1. The van der Waals surface area contributed by atoms with E-state index in [1.807, 2.05) is 37.3 Å².